The van der Waals surface area contributed by atoms with E-state index in [1.807, 2.05) is 0 Å². The summed E-state index contributed by atoms with van der Waals surface area (Å²) in [6.45, 7) is 6.76. The third-order valence-corrected chi connectivity index (χ3v) is 8.60. The van der Waals surface area contributed by atoms with E-state index in [2.05, 4.69) is 31.2 Å². The fourth-order valence-corrected chi connectivity index (χ4v) is 6.73. The second-order valence-electron chi connectivity index (χ2n) is 10.7. The van der Waals surface area contributed by atoms with Crippen LogP contribution in [0.4, 0.5) is 5.95 Å². The van der Waals surface area contributed by atoms with Gasteiger partial charge in [-0.05, 0) is 78.9 Å². The van der Waals surface area contributed by atoms with Crippen molar-refractivity contribution in [3.8, 4) is 11.3 Å². The Hall–Kier alpha value is -1.82. The molecule has 0 unspecified atom stereocenters. The van der Waals surface area contributed by atoms with Crippen LogP contribution in [0.5, 0.6) is 0 Å². The lowest BCUT2D eigenvalue weighted by molar-refractivity contribution is -0.159. The Morgan fingerprint density at radius 1 is 1.24 bits per heavy atom. The Kier molecular flexibility index (Phi) is 7.66. The Balaban J connectivity index is 1.60. The largest absolute Gasteiger partial charge is 0.459 e. The van der Waals surface area contributed by atoms with Crippen LogP contribution < -0.4 is 5.32 Å². The number of carbonyl (C=O) groups excluding carboxylic acids is 1. The normalized spacial score (nSPS) is 21.4. The first-order chi connectivity index (χ1) is 17.4. The highest BCUT2D eigenvalue weighted by Crippen LogP contribution is 2.37. The highest BCUT2D eigenvalue weighted by Gasteiger charge is 2.42. The molecule has 4 rings (SSSR count). The summed E-state index contributed by atoms with van der Waals surface area (Å²) in [5, 5.41) is 0.0632. The number of halogens is 1. The van der Waals surface area contributed by atoms with E-state index < -0.39 is 38.4 Å². The molecule has 8 radical (unpaired) electrons. The lowest BCUT2D eigenvalue weighted by Gasteiger charge is -2.47. The van der Waals surface area contributed by atoms with Crippen LogP contribution in [-0.4, -0.2) is 88.5 Å². The van der Waals surface area contributed by atoms with Gasteiger partial charge < -0.3 is 14.8 Å². The van der Waals surface area contributed by atoms with Crippen molar-refractivity contribution < 1.29 is 22.7 Å². The summed E-state index contributed by atoms with van der Waals surface area (Å²) in [7, 11) is 19.7. The number of sulfonamides is 1. The number of carbonyl (C=O) groups is 1. The first-order valence-corrected chi connectivity index (χ1v) is 14.1. The van der Waals surface area contributed by atoms with Crippen LogP contribution in [-0.2, 0) is 30.8 Å². The van der Waals surface area contributed by atoms with Gasteiger partial charge in [0, 0.05) is 24.3 Å². The molecule has 0 spiro atoms. The second-order valence-corrected chi connectivity index (χ2v) is 13.4. The maximum atomic E-state index is 13.4. The molecule has 3 heterocycles. The number of fused-ring (bicyclic) bond motifs is 1. The van der Waals surface area contributed by atoms with Crippen LogP contribution in [0.2, 0.25) is 0 Å². The molecule has 2 aliphatic heterocycles. The van der Waals surface area contributed by atoms with Crippen molar-refractivity contribution in [1.82, 2.24) is 14.3 Å². The molecule has 38 heavy (non-hydrogen) atoms. The average Bonchev–Trinajstić information content (AvgIpc) is 3.01. The summed E-state index contributed by atoms with van der Waals surface area (Å²) in [6, 6.07) is 3.62. The molecule has 15 heteroatoms. The number of nitrogens with one attached hydrogen (secondary N) is 1. The molecule has 2 aromatic rings. The molecule has 1 fully saturated rings. The van der Waals surface area contributed by atoms with Crippen LogP contribution in [0.1, 0.15) is 46.1 Å². The van der Waals surface area contributed by atoms with Crippen molar-refractivity contribution in [2.24, 2.45) is 0 Å². The third-order valence-electron chi connectivity index (χ3n) is 6.02. The van der Waals surface area contributed by atoms with E-state index in [-0.39, 0.29) is 36.3 Å². The standard InChI is InChI=1S/C23H25B4BrN4O5S/c1-12(19(33)36-21(2,3)4)32-11-14-6-5-13(7-17(14)38(32,34)35)18-16(28)10-29-20(31-18)30-15-8-22(24,25)37-23(26,27)9-15/h5-7,10,12,15H,8-9,11H2,1-4H3,(H,29,30,31)/t12-/m1/s1. The molecule has 1 saturated heterocycles. The monoisotopic (exact) mass is 592 g/mol. The van der Waals surface area contributed by atoms with Crippen molar-refractivity contribution in [3.63, 3.8) is 0 Å². The number of ether oxygens (including phenoxy) is 2. The summed E-state index contributed by atoms with van der Waals surface area (Å²) in [4.78, 5) is 21.6. The molecule has 1 N–H and O–H groups in total. The van der Waals surface area contributed by atoms with Gasteiger partial charge in [-0.1, -0.05) is 12.1 Å². The van der Waals surface area contributed by atoms with E-state index in [1.165, 1.54) is 13.0 Å². The van der Waals surface area contributed by atoms with Crippen molar-refractivity contribution in [1.29, 1.82) is 0 Å². The molecule has 0 aliphatic carbocycles. The van der Waals surface area contributed by atoms with E-state index in [4.69, 9.17) is 40.9 Å². The Bertz CT molecular complexity index is 1350. The van der Waals surface area contributed by atoms with Crippen LogP contribution in [0.3, 0.4) is 0 Å². The van der Waals surface area contributed by atoms with Crippen molar-refractivity contribution in [2.75, 3.05) is 5.32 Å². The van der Waals surface area contributed by atoms with Crippen molar-refractivity contribution >= 4 is 69.3 Å². The minimum absolute atomic E-state index is 0.0553. The molecule has 192 valence electrons. The Labute approximate surface area is 237 Å². The molecular weight excluding hydrogens is 567 g/mol. The summed E-state index contributed by atoms with van der Waals surface area (Å²) in [5.41, 5.74) is 0.808. The predicted molar refractivity (Wildman–Crippen MR) is 149 cm³/mol. The maximum Gasteiger partial charge on any atom is 0.324 e. The van der Waals surface area contributed by atoms with E-state index in [0.717, 1.165) is 4.31 Å². The quantitative estimate of drug-likeness (QED) is 0.413. The number of hydrogen-bond donors (Lipinski definition) is 1. The molecule has 1 atom stereocenters. The zero-order valence-corrected chi connectivity index (χ0v) is 24.0. The zero-order valence-electron chi connectivity index (χ0n) is 21.6. The lowest BCUT2D eigenvalue weighted by atomic mass is 9.53. The van der Waals surface area contributed by atoms with Gasteiger partial charge in [0.1, 0.15) is 11.6 Å². The van der Waals surface area contributed by atoms with Gasteiger partial charge in [0.2, 0.25) is 16.0 Å². The first-order valence-electron chi connectivity index (χ1n) is 11.9. The smallest absolute Gasteiger partial charge is 0.324 e. The topological polar surface area (TPSA) is 111 Å². The van der Waals surface area contributed by atoms with Gasteiger partial charge in [-0.3, -0.25) is 4.79 Å². The molecule has 1 aromatic carbocycles. The molecule has 0 saturated carbocycles. The number of benzene rings is 1. The minimum Gasteiger partial charge on any atom is -0.459 e. The van der Waals surface area contributed by atoms with Gasteiger partial charge in [0.15, 0.2) is 0 Å². The number of aromatic nitrogens is 2. The number of nitrogens with zero attached hydrogens (tertiary/aromatic N) is 3. The van der Waals surface area contributed by atoms with Crippen LogP contribution >= 0.6 is 15.9 Å². The van der Waals surface area contributed by atoms with Gasteiger partial charge >= 0.3 is 5.97 Å². The summed E-state index contributed by atoms with van der Waals surface area (Å²) in [5.74, 6) is -0.375. The third kappa shape index (κ3) is 6.32. The zero-order chi connectivity index (χ0) is 28.3. The maximum absolute atomic E-state index is 13.4. The van der Waals surface area contributed by atoms with Crippen molar-refractivity contribution in [2.45, 2.75) is 80.5 Å². The van der Waals surface area contributed by atoms with Gasteiger partial charge in [0.25, 0.3) is 0 Å². The number of rotatable bonds is 5. The predicted octanol–water partition coefficient (Wildman–Crippen LogP) is 1.71. The fourth-order valence-electron chi connectivity index (χ4n) is 4.50. The molecule has 0 bridgehead atoms. The first kappa shape index (κ1) is 29.2. The second kappa shape index (κ2) is 9.98. The van der Waals surface area contributed by atoms with Crippen LogP contribution in [0, 0.1) is 0 Å². The highest BCUT2D eigenvalue weighted by atomic mass is 79.9. The highest BCUT2D eigenvalue weighted by molar-refractivity contribution is 9.10. The Morgan fingerprint density at radius 2 is 1.87 bits per heavy atom. The van der Waals surface area contributed by atoms with E-state index in [1.54, 1.807) is 39.1 Å². The van der Waals surface area contributed by atoms with Gasteiger partial charge in [-0.2, -0.15) is 4.31 Å². The Morgan fingerprint density at radius 3 is 2.47 bits per heavy atom. The number of hydrogen-bond acceptors (Lipinski definition) is 8. The summed E-state index contributed by atoms with van der Waals surface area (Å²) >= 11 is 3.45. The lowest BCUT2D eigenvalue weighted by Crippen LogP contribution is -2.56. The van der Waals surface area contributed by atoms with Crippen LogP contribution in [0.25, 0.3) is 11.3 Å². The molecule has 1 aromatic heterocycles. The van der Waals surface area contributed by atoms with Gasteiger partial charge in [-0.15, -0.1) is 0 Å². The van der Waals surface area contributed by atoms with E-state index in [0.29, 0.717) is 21.3 Å². The molecule has 9 nitrogen and oxygen atoms in total. The van der Waals surface area contributed by atoms with Crippen molar-refractivity contribution in [3.05, 3.63) is 34.4 Å². The molecule has 2 aliphatic rings. The molecular formula is C23H25B4BrN4O5S. The summed E-state index contributed by atoms with van der Waals surface area (Å²) < 4.78 is 39.2. The minimum atomic E-state index is -3.96. The summed E-state index contributed by atoms with van der Waals surface area (Å²) in [6.07, 6.45) is 1.93. The average molecular weight is 593 g/mol. The SMILES string of the molecule is [B]C1([B])CC(Nc2ncc(Br)c(-c3ccc4c(c3)S(=O)(=O)N([C@H](C)C(=O)OC(C)(C)C)C4)n2)CC([B])([B])O1. The number of esters is 1. The van der Waals surface area contributed by atoms with Gasteiger partial charge in [0.05, 0.1) is 46.4 Å². The van der Waals surface area contributed by atoms with E-state index >= 15 is 0 Å². The van der Waals surface area contributed by atoms with E-state index in [9.17, 15) is 13.2 Å². The number of anilines is 1. The fraction of sp³-hybridized carbons (Fsp3) is 0.522. The molecule has 0 amide bonds. The van der Waals surface area contributed by atoms with Gasteiger partial charge in [-0.25, -0.2) is 18.4 Å². The van der Waals surface area contributed by atoms with Crippen LogP contribution in [0.15, 0.2) is 33.8 Å².